The van der Waals surface area contributed by atoms with E-state index in [1.807, 2.05) is 24.8 Å². The fourth-order valence-corrected chi connectivity index (χ4v) is 2.56. The second-order valence-corrected chi connectivity index (χ2v) is 5.01. The number of β-amino-alcohol motifs (C(OH)–C–C–N with tert-alkyl or cyclic N) is 1. The molecule has 0 radical (unpaired) electrons. The third kappa shape index (κ3) is 2.78. The van der Waals surface area contributed by atoms with Crippen molar-refractivity contribution in [1.29, 1.82) is 0 Å². The molecule has 1 aromatic heterocycles. The molecule has 6 heteroatoms. The predicted molar refractivity (Wildman–Crippen MR) is 73.7 cm³/mol. The van der Waals surface area contributed by atoms with E-state index < -0.39 is 0 Å². The maximum atomic E-state index is 9.79. The molecule has 0 bridgehead atoms. The molecule has 4 N–H and O–H groups in total. The minimum Gasteiger partial charge on any atom is -0.409 e. The van der Waals surface area contributed by atoms with Gasteiger partial charge in [-0.15, -0.1) is 0 Å². The van der Waals surface area contributed by atoms with Gasteiger partial charge in [-0.3, -0.25) is 0 Å². The molecule has 19 heavy (non-hydrogen) atoms. The Morgan fingerprint density at radius 3 is 2.89 bits per heavy atom. The Balaban J connectivity index is 2.48. The van der Waals surface area contributed by atoms with Crippen LogP contribution in [0.3, 0.4) is 0 Å². The fraction of sp³-hybridized carbons (Fsp3) is 0.538. The Bertz CT molecular complexity index is 502. The van der Waals surface area contributed by atoms with Crippen LogP contribution in [-0.4, -0.2) is 40.3 Å². The van der Waals surface area contributed by atoms with Gasteiger partial charge in [0, 0.05) is 18.8 Å². The molecule has 6 nitrogen and oxygen atoms in total. The Labute approximate surface area is 112 Å². The van der Waals surface area contributed by atoms with Crippen LogP contribution in [0.15, 0.2) is 11.2 Å². The Morgan fingerprint density at radius 2 is 2.26 bits per heavy atom. The number of piperidine rings is 1. The number of aromatic nitrogens is 1. The van der Waals surface area contributed by atoms with Gasteiger partial charge in [-0.05, 0) is 38.3 Å². The first-order valence-electron chi connectivity index (χ1n) is 6.42. The standard InChI is InChI=1S/C13H20N4O2/c1-8-6-9(2)15-13(11(8)12(14)16-19)17-5-3-4-10(18)7-17/h6,10,18-19H,3-5,7H2,1-2H3,(H2,14,16). The van der Waals surface area contributed by atoms with Crippen molar-refractivity contribution in [2.45, 2.75) is 32.8 Å². The number of rotatable bonds is 2. The number of anilines is 1. The van der Waals surface area contributed by atoms with Crippen molar-refractivity contribution in [2.24, 2.45) is 10.9 Å². The van der Waals surface area contributed by atoms with Crippen LogP contribution in [0.1, 0.15) is 29.7 Å². The summed E-state index contributed by atoms with van der Waals surface area (Å²) in [5.74, 6) is 0.742. The first-order chi connectivity index (χ1) is 9.02. The molecule has 1 fully saturated rings. The van der Waals surface area contributed by atoms with E-state index in [-0.39, 0.29) is 11.9 Å². The summed E-state index contributed by atoms with van der Waals surface area (Å²) in [4.78, 5) is 6.51. The summed E-state index contributed by atoms with van der Waals surface area (Å²) in [6, 6.07) is 1.90. The predicted octanol–water partition coefficient (Wildman–Crippen LogP) is 0.754. The molecule has 0 saturated carbocycles. The number of aryl methyl sites for hydroxylation is 2. The molecule has 0 aliphatic carbocycles. The highest BCUT2D eigenvalue weighted by Crippen LogP contribution is 2.25. The molecule has 1 aliphatic rings. The van der Waals surface area contributed by atoms with Crippen molar-refractivity contribution in [2.75, 3.05) is 18.0 Å². The smallest absolute Gasteiger partial charge is 0.174 e. The SMILES string of the molecule is Cc1cc(C)c(/C(N)=N/O)c(N2CCCC(O)C2)n1. The van der Waals surface area contributed by atoms with Crippen LogP contribution in [0.25, 0.3) is 0 Å². The Morgan fingerprint density at radius 1 is 1.53 bits per heavy atom. The second kappa shape index (κ2) is 5.44. The van der Waals surface area contributed by atoms with E-state index in [9.17, 15) is 5.11 Å². The van der Waals surface area contributed by atoms with Crippen LogP contribution in [-0.2, 0) is 0 Å². The van der Waals surface area contributed by atoms with Gasteiger partial charge in [-0.25, -0.2) is 4.98 Å². The number of hydrogen-bond acceptors (Lipinski definition) is 5. The molecule has 0 amide bonds. The van der Waals surface area contributed by atoms with E-state index in [4.69, 9.17) is 10.9 Å². The highest BCUT2D eigenvalue weighted by atomic mass is 16.4. The van der Waals surface area contributed by atoms with Crippen LogP contribution < -0.4 is 10.6 Å². The summed E-state index contributed by atoms with van der Waals surface area (Å²) in [5.41, 5.74) is 8.19. The van der Waals surface area contributed by atoms with E-state index in [1.165, 1.54) is 0 Å². The van der Waals surface area contributed by atoms with Crippen LogP contribution >= 0.6 is 0 Å². The highest BCUT2D eigenvalue weighted by Gasteiger charge is 2.23. The van der Waals surface area contributed by atoms with E-state index in [0.29, 0.717) is 17.9 Å². The van der Waals surface area contributed by atoms with E-state index in [2.05, 4.69) is 10.1 Å². The lowest BCUT2D eigenvalue weighted by molar-refractivity contribution is 0.154. The van der Waals surface area contributed by atoms with Crippen molar-refractivity contribution in [3.8, 4) is 0 Å². The average Bonchev–Trinajstić information content (AvgIpc) is 2.37. The Kier molecular flexibility index (Phi) is 3.90. The number of aliphatic hydroxyl groups is 1. The summed E-state index contributed by atoms with van der Waals surface area (Å²) >= 11 is 0. The first kappa shape index (κ1) is 13.6. The van der Waals surface area contributed by atoms with Gasteiger partial charge >= 0.3 is 0 Å². The lowest BCUT2D eigenvalue weighted by atomic mass is 10.0. The monoisotopic (exact) mass is 264 g/mol. The van der Waals surface area contributed by atoms with Gasteiger partial charge in [-0.1, -0.05) is 5.16 Å². The Hall–Kier alpha value is -1.82. The van der Waals surface area contributed by atoms with Gasteiger partial charge in [0.05, 0.1) is 11.7 Å². The lowest BCUT2D eigenvalue weighted by Crippen LogP contribution is -2.40. The fourth-order valence-electron chi connectivity index (χ4n) is 2.56. The van der Waals surface area contributed by atoms with E-state index in [0.717, 1.165) is 30.6 Å². The minimum atomic E-state index is -0.350. The van der Waals surface area contributed by atoms with Gasteiger partial charge in [0.25, 0.3) is 0 Å². The molecule has 1 atom stereocenters. The molecule has 1 aromatic rings. The third-order valence-electron chi connectivity index (χ3n) is 3.39. The maximum Gasteiger partial charge on any atom is 0.174 e. The lowest BCUT2D eigenvalue weighted by Gasteiger charge is -2.32. The summed E-state index contributed by atoms with van der Waals surface area (Å²) in [5, 5.41) is 21.8. The number of pyridine rings is 1. The maximum absolute atomic E-state index is 9.79. The third-order valence-corrected chi connectivity index (χ3v) is 3.39. The van der Waals surface area contributed by atoms with E-state index in [1.54, 1.807) is 0 Å². The minimum absolute atomic E-state index is 0.0556. The van der Waals surface area contributed by atoms with Crippen molar-refractivity contribution in [3.63, 3.8) is 0 Å². The molecule has 1 aliphatic heterocycles. The number of oxime groups is 1. The van der Waals surface area contributed by atoms with Gasteiger partial charge in [0.2, 0.25) is 0 Å². The van der Waals surface area contributed by atoms with Gasteiger partial charge in [0.15, 0.2) is 5.84 Å². The number of aliphatic hydroxyl groups excluding tert-OH is 1. The van der Waals surface area contributed by atoms with E-state index >= 15 is 0 Å². The molecular formula is C13H20N4O2. The molecule has 104 valence electrons. The molecule has 1 unspecified atom stereocenters. The second-order valence-electron chi connectivity index (χ2n) is 5.01. The zero-order valence-corrected chi connectivity index (χ0v) is 11.3. The number of hydrogen-bond donors (Lipinski definition) is 3. The zero-order valence-electron chi connectivity index (χ0n) is 11.3. The quantitative estimate of drug-likeness (QED) is 0.317. The number of nitrogens with two attached hydrogens (primary N) is 1. The zero-order chi connectivity index (χ0) is 14.0. The van der Waals surface area contributed by atoms with Crippen LogP contribution in [0.5, 0.6) is 0 Å². The summed E-state index contributed by atoms with van der Waals surface area (Å²) in [7, 11) is 0. The average molecular weight is 264 g/mol. The van der Waals surface area contributed by atoms with Gasteiger partial charge < -0.3 is 20.9 Å². The first-order valence-corrected chi connectivity index (χ1v) is 6.42. The topological polar surface area (TPSA) is 95.0 Å². The van der Waals surface area contributed by atoms with Crippen LogP contribution in [0.4, 0.5) is 5.82 Å². The molecular weight excluding hydrogens is 244 g/mol. The summed E-state index contributed by atoms with van der Waals surface area (Å²) in [6.07, 6.45) is 1.36. The van der Waals surface area contributed by atoms with Crippen LogP contribution in [0, 0.1) is 13.8 Å². The van der Waals surface area contributed by atoms with Gasteiger partial charge in [0.1, 0.15) is 5.82 Å². The summed E-state index contributed by atoms with van der Waals surface area (Å²) in [6.45, 7) is 5.17. The van der Waals surface area contributed by atoms with Crippen LogP contribution in [0.2, 0.25) is 0 Å². The number of nitrogens with zero attached hydrogens (tertiary/aromatic N) is 3. The largest absolute Gasteiger partial charge is 0.409 e. The van der Waals surface area contributed by atoms with Crippen molar-refractivity contribution in [3.05, 3.63) is 22.9 Å². The van der Waals surface area contributed by atoms with Crippen molar-refractivity contribution < 1.29 is 10.3 Å². The van der Waals surface area contributed by atoms with Gasteiger partial charge in [-0.2, -0.15) is 0 Å². The summed E-state index contributed by atoms with van der Waals surface area (Å²) < 4.78 is 0. The molecule has 2 heterocycles. The molecule has 1 saturated heterocycles. The normalized spacial score (nSPS) is 20.7. The van der Waals surface area contributed by atoms with Crippen molar-refractivity contribution in [1.82, 2.24) is 4.98 Å². The molecule has 0 spiro atoms. The number of amidine groups is 1. The molecule has 2 rings (SSSR count). The van der Waals surface area contributed by atoms with Crippen molar-refractivity contribution >= 4 is 11.7 Å². The molecule has 0 aromatic carbocycles. The highest BCUT2D eigenvalue weighted by molar-refractivity contribution is 6.02.